The maximum atomic E-state index is 14.2. The number of carbonyl (C=O) groups is 4. The number of likely N-dealkylation sites (tertiary alicyclic amines) is 1. The molecule has 3 amide bonds. The first-order valence-corrected chi connectivity index (χ1v) is 25.2. The van der Waals surface area contributed by atoms with Gasteiger partial charge in [-0.3, -0.25) is 28.7 Å². The van der Waals surface area contributed by atoms with Crippen LogP contribution in [-0.2, 0) is 25.6 Å². The van der Waals surface area contributed by atoms with Gasteiger partial charge in [-0.2, -0.15) is 4.98 Å². The lowest BCUT2D eigenvalue weighted by atomic mass is 9.78. The number of thiophene rings is 1. The van der Waals surface area contributed by atoms with Crippen molar-refractivity contribution < 1.29 is 33.5 Å². The minimum absolute atomic E-state index is 0.0128. The van der Waals surface area contributed by atoms with Crippen LogP contribution in [0.4, 0.5) is 0 Å². The Bertz CT molecular complexity index is 2960. The maximum absolute atomic E-state index is 14.2. The van der Waals surface area contributed by atoms with E-state index in [4.69, 9.17) is 25.9 Å². The first-order valence-electron chi connectivity index (χ1n) is 24.0. The average molecular weight is 1000 g/mol. The van der Waals surface area contributed by atoms with Crippen molar-refractivity contribution in [3.05, 3.63) is 129 Å². The van der Waals surface area contributed by atoms with E-state index in [1.807, 2.05) is 107 Å². The van der Waals surface area contributed by atoms with Crippen LogP contribution < -0.4 is 15.4 Å². The molecule has 1 saturated heterocycles. The molecule has 18 heteroatoms. The molecule has 1 aliphatic carbocycles. The van der Waals surface area contributed by atoms with E-state index in [1.165, 1.54) is 16.2 Å². The van der Waals surface area contributed by atoms with Crippen molar-refractivity contribution >= 4 is 52.2 Å². The van der Waals surface area contributed by atoms with Crippen molar-refractivity contribution in [1.29, 1.82) is 0 Å². The highest BCUT2D eigenvalue weighted by Gasteiger charge is 2.45. The molecular formula is C53H58ClN9O7S. The normalized spacial score (nSPS) is 20.4. The first kappa shape index (κ1) is 49.4. The number of aliphatic hydroxyl groups is 1. The smallest absolute Gasteiger partial charge is 0.246 e. The fourth-order valence-corrected chi connectivity index (χ4v) is 11.0. The topological polar surface area (TPSA) is 207 Å². The summed E-state index contributed by atoms with van der Waals surface area (Å²) in [7, 11) is 0. The number of rotatable bonds is 15. The number of halogens is 1. The van der Waals surface area contributed by atoms with Gasteiger partial charge in [0, 0.05) is 52.4 Å². The summed E-state index contributed by atoms with van der Waals surface area (Å²) >= 11 is 7.95. The molecule has 1 saturated carbocycles. The molecular weight excluding hydrogens is 942 g/mol. The lowest BCUT2D eigenvalue weighted by Crippen LogP contribution is -2.58. The number of fused-ring (bicyclic) bond motifs is 3. The molecule has 1 unspecified atom stereocenters. The predicted octanol–water partition coefficient (Wildman–Crippen LogP) is 7.97. The number of carbonyl (C=O) groups excluding carboxylic acids is 4. The van der Waals surface area contributed by atoms with Crippen molar-refractivity contribution in [2.75, 3.05) is 6.54 Å². The molecule has 2 aliphatic heterocycles. The van der Waals surface area contributed by atoms with Crippen molar-refractivity contribution in [3.8, 4) is 22.1 Å². The zero-order chi connectivity index (χ0) is 50.3. The van der Waals surface area contributed by atoms with Crippen LogP contribution in [0.1, 0.15) is 116 Å². The highest BCUT2D eigenvalue weighted by Crippen LogP contribution is 2.41. The Balaban J connectivity index is 0.769. The molecule has 3 aliphatic rings. The van der Waals surface area contributed by atoms with Gasteiger partial charge >= 0.3 is 0 Å². The minimum atomic E-state index is -0.967. The molecule has 370 valence electrons. The number of aryl methyl sites for hydroxylation is 2. The monoisotopic (exact) mass is 999 g/mol. The van der Waals surface area contributed by atoms with Gasteiger partial charge in [0.05, 0.1) is 30.4 Å². The lowest BCUT2D eigenvalue weighted by molar-refractivity contribution is -0.144. The van der Waals surface area contributed by atoms with E-state index in [0.29, 0.717) is 28.8 Å². The molecule has 16 nitrogen and oxygen atoms in total. The number of Topliss-reactive ketones (excluding diaryl/α,β-unsaturated/α-hetero) is 1. The Morgan fingerprint density at radius 1 is 0.915 bits per heavy atom. The van der Waals surface area contributed by atoms with Crippen LogP contribution in [0.3, 0.4) is 0 Å². The van der Waals surface area contributed by atoms with Crippen LogP contribution in [0, 0.1) is 32.1 Å². The van der Waals surface area contributed by atoms with Gasteiger partial charge in [0.1, 0.15) is 40.5 Å². The number of aliphatic imine (C=N–C) groups is 1. The number of nitrogens with zero attached hydrogens (tertiary/aromatic N) is 7. The van der Waals surface area contributed by atoms with Crippen molar-refractivity contribution in [3.63, 3.8) is 0 Å². The van der Waals surface area contributed by atoms with Crippen LogP contribution in [-0.4, -0.2) is 95.0 Å². The fourth-order valence-electron chi connectivity index (χ4n) is 9.70. The molecule has 9 rings (SSSR count). The molecule has 3 N–H and O–H groups in total. The van der Waals surface area contributed by atoms with Gasteiger partial charge in [-0.05, 0) is 92.8 Å². The van der Waals surface area contributed by atoms with E-state index >= 15 is 0 Å². The SMILES string of the molecule is Cc1sc2c(c1C)C(c1ccc(Cl)cc1)=NC(CC(=O)CC1CC(Oc3ccc(CC(=O)N[C@H](C(=O)N4C[C@H](O)C[C@H]4C(=O)N[C@@H](C)c4ccc(-c5ncon5)cc4)C(C)(C)C)cc3)C1)c1nnc(C)n1-2. The highest BCUT2D eigenvalue weighted by atomic mass is 35.5. The molecule has 0 bridgehead atoms. The Kier molecular flexibility index (Phi) is 14.1. The summed E-state index contributed by atoms with van der Waals surface area (Å²) in [6.07, 6.45) is 2.48. The van der Waals surface area contributed by atoms with Gasteiger partial charge in [0.2, 0.25) is 29.9 Å². The number of hydrogen-bond acceptors (Lipinski definition) is 13. The van der Waals surface area contributed by atoms with Gasteiger partial charge in [-0.1, -0.05) is 86.1 Å². The third-order valence-corrected chi connectivity index (χ3v) is 15.2. The molecule has 5 heterocycles. The Hall–Kier alpha value is -6.56. The zero-order valence-electron chi connectivity index (χ0n) is 40.8. The number of ketones is 1. The van der Waals surface area contributed by atoms with Crippen molar-refractivity contribution in [2.24, 2.45) is 16.3 Å². The molecule has 3 aromatic heterocycles. The summed E-state index contributed by atoms with van der Waals surface area (Å²) in [6, 6.07) is 19.5. The van der Waals surface area contributed by atoms with E-state index < -0.39 is 47.5 Å². The molecule has 0 radical (unpaired) electrons. The van der Waals surface area contributed by atoms with E-state index in [-0.39, 0.29) is 49.5 Å². The average Bonchev–Trinajstić information content (AvgIpc) is 4.13. The zero-order valence-corrected chi connectivity index (χ0v) is 42.4. The number of nitrogens with one attached hydrogen (secondary N) is 2. The summed E-state index contributed by atoms with van der Waals surface area (Å²) in [5.74, 6) is 1.61. The Labute approximate surface area is 421 Å². The standard InChI is InChI=1S/C53H58ClN9O7S/c1-28-30(3)71-52-45(28)46(35-14-16-37(54)17-15-35)57-42(49-60-59-31(4)63(49)52)24-38(64)20-33-21-41(22-33)70-40-18-8-32(9-19-40)23-44(66)58-47(53(5,6)7)51(68)62-26-39(65)25-43(62)50(67)56-29(2)34-10-12-36(13-11-34)48-55-27-69-61-48/h8-19,27,29,33,39,41-43,47,65H,20-26H2,1-7H3,(H,56,67)(H,58,66)/t29-,33?,39+,41?,42?,43-,47+/m0/s1. The molecule has 71 heavy (non-hydrogen) atoms. The van der Waals surface area contributed by atoms with Crippen LogP contribution in [0.2, 0.25) is 5.02 Å². The Morgan fingerprint density at radius 3 is 2.30 bits per heavy atom. The summed E-state index contributed by atoms with van der Waals surface area (Å²) in [5, 5.41) is 31.1. The van der Waals surface area contributed by atoms with E-state index in [2.05, 4.69) is 49.4 Å². The summed E-state index contributed by atoms with van der Waals surface area (Å²) in [4.78, 5) is 67.2. The Morgan fingerprint density at radius 2 is 1.62 bits per heavy atom. The molecule has 3 aromatic carbocycles. The van der Waals surface area contributed by atoms with Crippen LogP contribution in [0.5, 0.6) is 5.75 Å². The second-order valence-electron chi connectivity index (χ2n) is 20.1. The third kappa shape index (κ3) is 10.7. The van der Waals surface area contributed by atoms with E-state index in [9.17, 15) is 24.3 Å². The van der Waals surface area contributed by atoms with Gasteiger partial charge in [-0.25, -0.2) is 0 Å². The second-order valence-corrected chi connectivity index (χ2v) is 21.8. The van der Waals surface area contributed by atoms with Crippen molar-refractivity contribution in [1.82, 2.24) is 40.4 Å². The van der Waals surface area contributed by atoms with E-state index in [1.54, 1.807) is 11.3 Å². The number of β-amino-alcohol motifs (C(OH)–C–C–N with tert-alkyl or cyclic N) is 1. The van der Waals surface area contributed by atoms with Gasteiger partial charge in [-0.15, -0.1) is 21.5 Å². The van der Waals surface area contributed by atoms with Crippen LogP contribution in [0.15, 0.2) is 88.7 Å². The molecule has 2 fully saturated rings. The highest BCUT2D eigenvalue weighted by molar-refractivity contribution is 7.15. The second kappa shape index (κ2) is 20.3. The quantitative estimate of drug-likeness (QED) is 0.0899. The number of amides is 3. The molecule has 6 aromatic rings. The van der Waals surface area contributed by atoms with Crippen molar-refractivity contribution in [2.45, 2.75) is 123 Å². The lowest BCUT2D eigenvalue weighted by Gasteiger charge is -2.35. The predicted molar refractivity (Wildman–Crippen MR) is 269 cm³/mol. The van der Waals surface area contributed by atoms with Gasteiger partial charge in [0.25, 0.3) is 0 Å². The largest absolute Gasteiger partial charge is 0.490 e. The first-order chi connectivity index (χ1) is 33.9. The van der Waals surface area contributed by atoms with Crippen LogP contribution >= 0.6 is 22.9 Å². The summed E-state index contributed by atoms with van der Waals surface area (Å²) in [6.45, 7) is 13.5. The van der Waals surface area contributed by atoms with Crippen LogP contribution in [0.25, 0.3) is 16.4 Å². The van der Waals surface area contributed by atoms with Gasteiger partial charge < -0.3 is 29.9 Å². The van der Waals surface area contributed by atoms with Gasteiger partial charge in [0.15, 0.2) is 5.82 Å². The maximum Gasteiger partial charge on any atom is 0.246 e. The number of ether oxygens (including phenoxy) is 1. The number of aromatic nitrogens is 5. The number of hydrogen-bond donors (Lipinski definition) is 3. The molecule has 5 atom stereocenters. The summed E-state index contributed by atoms with van der Waals surface area (Å²) < 4.78 is 13.2. The minimum Gasteiger partial charge on any atom is -0.490 e. The summed E-state index contributed by atoms with van der Waals surface area (Å²) in [5.41, 5.74) is 5.51. The number of benzene rings is 3. The molecule has 0 spiro atoms. The third-order valence-electron chi connectivity index (χ3n) is 13.7. The fraction of sp³-hybridized carbons (Fsp3) is 0.415. The van der Waals surface area contributed by atoms with E-state index in [0.717, 1.165) is 62.8 Å². The number of aliphatic hydroxyl groups excluding tert-OH is 1.